The van der Waals surface area contributed by atoms with E-state index in [-0.39, 0.29) is 11.3 Å². The van der Waals surface area contributed by atoms with Gasteiger partial charge < -0.3 is 10.5 Å². The van der Waals surface area contributed by atoms with Gasteiger partial charge in [-0.25, -0.2) is 4.79 Å². The molecule has 0 spiro atoms. The molecule has 0 bridgehead atoms. The second kappa shape index (κ2) is 3.77. The number of nitrogen functional groups attached to an aromatic ring is 1. The van der Waals surface area contributed by atoms with E-state index in [1.165, 1.54) is 0 Å². The van der Waals surface area contributed by atoms with Gasteiger partial charge in [0.05, 0.1) is 16.8 Å². The van der Waals surface area contributed by atoms with E-state index in [9.17, 15) is 18.0 Å². The molecule has 1 aromatic rings. The van der Waals surface area contributed by atoms with Crippen molar-refractivity contribution >= 4 is 11.7 Å². The Bertz CT molecular complexity index is 390. The lowest BCUT2D eigenvalue weighted by Crippen LogP contribution is -2.14. The molecule has 0 aliphatic carbocycles. The Morgan fingerprint density at radius 3 is 2.40 bits per heavy atom. The van der Waals surface area contributed by atoms with E-state index < -0.39 is 17.7 Å². The lowest BCUT2D eigenvalue weighted by Gasteiger charge is -2.10. The molecular weight excluding hydrogens is 213 g/mol. The molecule has 0 radical (unpaired) electrons. The summed E-state index contributed by atoms with van der Waals surface area (Å²) in [5.74, 6) is 3.57. The minimum absolute atomic E-state index is 0.280. The maximum atomic E-state index is 12.2. The fourth-order valence-electron chi connectivity index (χ4n) is 1.03. The largest absolute Gasteiger partial charge is 0.478 e. The average Bonchev–Trinajstić information content (AvgIpc) is 2.15. The predicted octanol–water partition coefficient (Wildman–Crippen LogP) is 1.69. The van der Waals surface area contributed by atoms with Crippen molar-refractivity contribution in [3.63, 3.8) is 0 Å². The van der Waals surface area contributed by atoms with E-state index in [1.54, 1.807) is 0 Å². The van der Waals surface area contributed by atoms with Crippen LogP contribution >= 0.6 is 0 Å². The van der Waals surface area contributed by atoms with Gasteiger partial charge in [0.1, 0.15) is 0 Å². The number of hydrazine groups is 1. The number of aromatic carboxylic acids is 1. The highest BCUT2D eigenvalue weighted by Gasteiger charge is 2.31. The van der Waals surface area contributed by atoms with Gasteiger partial charge >= 0.3 is 12.1 Å². The SMILES string of the molecule is NNc1cc(C(F)(F)F)ccc1C(=O)O. The number of carboxylic acid groups (broad SMARTS) is 1. The molecule has 1 aromatic carbocycles. The van der Waals surface area contributed by atoms with Crippen molar-refractivity contribution in [1.82, 2.24) is 0 Å². The predicted molar refractivity (Wildman–Crippen MR) is 46.2 cm³/mol. The minimum atomic E-state index is -4.53. The molecule has 0 atom stereocenters. The van der Waals surface area contributed by atoms with Crippen LogP contribution in [0.1, 0.15) is 15.9 Å². The highest BCUT2D eigenvalue weighted by Crippen LogP contribution is 2.31. The third kappa shape index (κ3) is 2.38. The first-order valence-electron chi connectivity index (χ1n) is 3.77. The van der Waals surface area contributed by atoms with Gasteiger partial charge in [0.2, 0.25) is 0 Å². The second-order valence-corrected chi connectivity index (χ2v) is 2.71. The summed E-state index contributed by atoms with van der Waals surface area (Å²) in [6.07, 6.45) is -4.53. The summed E-state index contributed by atoms with van der Waals surface area (Å²) in [5, 5.41) is 8.61. The molecule has 4 N–H and O–H groups in total. The topological polar surface area (TPSA) is 75.3 Å². The molecule has 82 valence electrons. The molecule has 0 saturated heterocycles. The van der Waals surface area contributed by atoms with Crippen LogP contribution in [0, 0.1) is 0 Å². The normalized spacial score (nSPS) is 11.2. The van der Waals surface area contributed by atoms with E-state index in [4.69, 9.17) is 10.9 Å². The monoisotopic (exact) mass is 220 g/mol. The number of carbonyl (C=O) groups is 1. The Hall–Kier alpha value is -1.76. The van der Waals surface area contributed by atoms with Crippen molar-refractivity contribution in [3.8, 4) is 0 Å². The standard InChI is InChI=1S/C8H7F3N2O2/c9-8(10,11)4-1-2-5(7(14)15)6(3-4)13-12/h1-3,13H,12H2,(H,14,15). The van der Waals surface area contributed by atoms with Gasteiger partial charge in [-0.2, -0.15) is 13.2 Å². The highest BCUT2D eigenvalue weighted by atomic mass is 19.4. The lowest BCUT2D eigenvalue weighted by atomic mass is 10.1. The highest BCUT2D eigenvalue weighted by molar-refractivity contribution is 5.94. The van der Waals surface area contributed by atoms with Gasteiger partial charge in [0.25, 0.3) is 0 Å². The van der Waals surface area contributed by atoms with Crippen molar-refractivity contribution in [2.24, 2.45) is 5.84 Å². The third-order valence-corrected chi connectivity index (χ3v) is 1.73. The average molecular weight is 220 g/mol. The summed E-state index contributed by atoms with van der Waals surface area (Å²) in [5.41, 5.74) is 0.356. The van der Waals surface area contributed by atoms with Crippen LogP contribution in [0.3, 0.4) is 0 Å². The number of rotatable bonds is 2. The number of alkyl halides is 3. The van der Waals surface area contributed by atoms with Crippen molar-refractivity contribution in [2.75, 3.05) is 5.43 Å². The fourth-order valence-corrected chi connectivity index (χ4v) is 1.03. The molecule has 0 aliphatic rings. The Labute approximate surface area is 82.5 Å². The zero-order valence-corrected chi connectivity index (χ0v) is 7.30. The molecule has 0 aromatic heterocycles. The van der Waals surface area contributed by atoms with Gasteiger partial charge in [-0.15, -0.1) is 0 Å². The number of nitrogens with two attached hydrogens (primary N) is 1. The lowest BCUT2D eigenvalue weighted by molar-refractivity contribution is -0.137. The Kier molecular flexibility index (Phi) is 2.85. The van der Waals surface area contributed by atoms with Crippen molar-refractivity contribution in [1.29, 1.82) is 0 Å². The first kappa shape index (κ1) is 11.3. The molecule has 0 unspecified atom stereocenters. The summed E-state index contributed by atoms with van der Waals surface area (Å²) in [6.45, 7) is 0. The van der Waals surface area contributed by atoms with Gasteiger partial charge in [0, 0.05) is 0 Å². The zero-order valence-electron chi connectivity index (χ0n) is 7.30. The summed E-state index contributed by atoms with van der Waals surface area (Å²) < 4.78 is 36.7. The molecule has 1 rings (SSSR count). The van der Waals surface area contributed by atoms with Crippen LogP contribution in [0.2, 0.25) is 0 Å². The first-order chi connectivity index (χ1) is 6.86. The van der Waals surface area contributed by atoms with Crippen LogP contribution in [0.25, 0.3) is 0 Å². The van der Waals surface area contributed by atoms with Crippen molar-refractivity contribution in [3.05, 3.63) is 29.3 Å². The summed E-state index contributed by atoms with van der Waals surface area (Å²) >= 11 is 0. The Morgan fingerprint density at radius 2 is 2.00 bits per heavy atom. The van der Waals surface area contributed by atoms with Crippen LogP contribution in [0.15, 0.2) is 18.2 Å². The van der Waals surface area contributed by atoms with Crippen LogP contribution in [-0.4, -0.2) is 11.1 Å². The third-order valence-electron chi connectivity index (χ3n) is 1.73. The number of carboxylic acids is 1. The molecule has 7 heteroatoms. The molecular formula is C8H7F3N2O2. The van der Waals surface area contributed by atoms with E-state index >= 15 is 0 Å². The quantitative estimate of drug-likeness (QED) is 0.523. The zero-order chi connectivity index (χ0) is 11.6. The Balaban J connectivity index is 3.25. The number of nitrogens with one attached hydrogen (secondary N) is 1. The molecule has 4 nitrogen and oxygen atoms in total. The summed E-state index contributed by atoms with van der Waals surface area (Å²) in [6, 6.07) is 2.17. The maximum Gasteiger partial charge on any atom is 0.416 e. The fraction of sp³-hybridized carbons (Fsp3) is 0.125. The number of hydrogen-bond acceptors (Lipinski definition) is 3. The number of halogens is 3. The number of anilines is 1. The summed E-state index contributed by atoms with van der Waals surface area (Å²) in [7, 11) is 0. The molecule has 0 saturated carbocycles. The van der Waals surface area contributed by atoms with Crippen molar-refractivity contribution < 1.29 is 23.1 Å². The number of benzene rings is 1. The van der Waals surface area contributed by atoms with E-state index in [2.05, 4.69) is 0 Å². The molecule has 0 aliphatic heterocycles. The second-order valence-electron chi connectivity index (χ2n) is 2.71. The van der Waals surface area contributed by atoms with Crippen LogP contribution in [-0.2, 0) is 6.18 Å². The molecule has 0 amide bonds. The molecule has 15 heavy (non-hydrogen) atoms. The minimum Gasteiger partial charge on any atom is -0.478 e. The summed E-state index contributed by atoms with van der Waals surface area (Å²) in [4.78, 5) is 10.6. The van der Waals surface area contributed by atoms with E-state index in [0.717, 1.165) is 6.07 Å². The van der Waals surface area contributed by atoms with Crippen LogP contribution in [0.4, 0.5) is 18.9 Å². The first-order valence-corrected chi connectivity index (χ1v) is 3.77. The van der Waals surface area contributed by atoms with Gasteiger partial charge in [0.15, 0.2) is 0 Å². The van der Waals surface area contributed by atoms with Gasteiger partial charge in [-0.1, -0.05) is 0 Å². The molecule has 0 heterocycles. The number of hydrogen-bond donors (Lipinski definition) is 3. The van der Waals surface area contributed by atoms with Crippen LogP contribution in [0.5, 0.6) is 0 Å². The van der Waals surface area contributed by atoms with Gasteiger partial charge in [-0.05, 0) is 18.2 Å². The maximum absolute atomic E-state index is 12.2. The van der Waals surface area contributed by atoms with Crippen molar-refractivity contribution in [2.45, 2.75) is 6.18 Å². The van der Waals surface area contributed by atoms with Crippen LogP contribution < -0.4 is 11.3 Å². The van der Waals surface area contributed by atoms with E-state index in [1.807, 2.05) is 5.43 Å². The Morgan fingerprint density at radius 1 is 1.40 bits per heavy atom. The van der Waals surface area contributed by atoms with E-state index in [0.29, 0.717) is 12.1 Å². The van der Waals surface area contributed by atoms with Gasteiger partial charge in [-0.3, -0.25) is 5.84 Å². The smallest absolute Gasteiger partial charge is 0.416 e. The molecule has 0 fully saturated rings.